The minimum atomic E-state index is -0.535. The highest BCUT2D eigenvalue weighted by molar-refractivity contribution is 7.99. The number of amides is 2. The van der Waals surface area contributed by atoms with E-state index in [4.69, 9.17) is 0 Å². The number of nitro groups is 1. The van der Waals surface area contributed by atoms with Crippen molar-refractivity contribution in [1.29, 1.82) is 0 Å². The maximum atomic E-state index is 13.1. The van der Waals surface area contributed by atoms with Crippen LogP contribution in [0.25, 0.3) is 0 Å². The van der Waals surface area contributed by atoms with E-state index in [-0.39, 0.29) is 23.3 Å². The van der Waals surface area contributed by atoms with E-state index in [1.807, 2.05) is 45.0 Å². The van der Waals surface area contributed by atoms with Gasteiger partial charge in [0.05, 0.1) is 10.7 Å². The van der Waals surface area contributed by atoms with Crippen LogP contribution in [0.2, 0.25) is 0 Å². The summed E-state index contributed by atoms with van der Waals surface area (Å²) in [6, 6.07) is 13.6. The van der Waals surface area contributed by atoms with Gasteiger partial charge in [-0.25, -0.2) is 0 Å². The van der Waals surface area contributed by atoms with Crippen LogP contribution in [0.3, 0.4) is 0 Å². The van der Waals surface area contributed by atoms with E-state index in [1.165, 1.54) is 23.9 Å². The number of thioether (sulfide) groups is 1. The third-order valence-electron chi connectivity index (χ3n) is 4.98. The van der Waals surface area contributed by atoms with E-state index in [1.54, 1.807) is 17.0 Å². The first-order valence-corrected chi connectivity index (χ1v) is 11.5. The van der Waals surface area contributed by atoms with Gasteiger partial charge in [-0.2, -0.15) is 0 Å². The molecule has 0 fully saturated rings. The second-order valence-corrected chi connectivity index (χ2v) is 8.17. The Bertz CT molecular complexity index is 902. The Morgan fingerprint density at radius 1 is 1.13 bits per heavy atom. The number of hydrogen-bond donors (Lipinski definition) is 1. The number of nitrogens with one attached hydrogen (secondary N) is 1. The summed E-state index contributed by atoms with van der Waals surface area (Å²) in [7, 11) is 0. The van der Waals surface area contributed by atoms with Gasteiger partial charge < -0.3 is 10.2 Å². The number of benzene rings is 2. The Morgan fingerprint density at radius 3 is 2.39 bits per heavy atom. The molecule has 1 atom stereocenters. The van der Waals surface area contributed by atoms with Crippen molar-refractivity contribution in [2.24, 2.45) is 0 Å². The highest BCUT2D eigenvalue weighted by atomic mass is 32.2. The van der Waals surface area contributed by atoms with Crippen molar-refractivity contribution in [3.63, 3.8) is 0 Å². The number of non-ortho nitro benzene ring substituents is 1. The van der Waals surface area contributed by atoms with Gasteiger partial charge in [-0.3, -0.25) is 19.7 Å². The molecular weight excluding hydrogens is 414 g/mol. The predicted octanol–water partition coefficient (Wildman–Crippen LogP) is 4.08. The number of rotatable bonds is 11. The molecule has 0 radical (unpaired) electrons. The number of hydrogen-bond acceptors (Lipinski definition) is 5. The number of nitro benzene ring substituents is 1. The molecule has 0 saturated carbocycles. The number of aryl methyl sites for hydroxylation is 1. The van der Waals surface area contributed by atoms with Crippen LogP contribution >= 0.6 is 11.8 Å². The predicted molar refractivity (Wildman–Crippen MR) is 124 cm³/mol. The van der Waals surface area contributed by atoms with Gasteiger partial charge in [-0.15, -0.1) is 11.8 Å². The van der Waals surface area contributed by atoms with Crippen LogP contribution in [0.4, 0.5) is 5.69 Å². The molecule has 7 nitrogen and oxygen atoms in total. The maximum Gasteiger partial charge on any atom is 0.269 e. The molecule has 8 heteroatoms. The van der Waals surface area contributed by atoms with Crippen molar-refractivity contribution >= 4 is 29.3 Å². The van der Waals surface area contributed by atoms with Crippen LogP contribution in [0.1, 0.15) is 37.0 Å². The van der Waals surface area contributed by atoms with Gasteiger partial charge in [0.15, 0.2) is 0 Å². The van der Waals surface area contributed by atoms with E-state index in [2.05, 4.69) is 5.32 Å². The summed E-state index contributed by atoms with van der Waals surface area (Å²) in [6.07, 6.45) is 0.524. The van der Waals surface area contributed by atoms with Crippen LogP contribution in [0.5, 0.6) is 0 Å². The SMILES string of the molecule is CCNC(=O)[C@@H](CC)N(Cc1ccccc1C)C(=O)CSCc1ccc([N+](=O)[O-])cc1. The van der Waals surface area contributed by atoms with Gasteiger partial charge in [0.1, 0.15) is 6.04 Å². The average molecular weight is 444 g/mol. The van der Waals surface area contributed by atoms with E-state index >= 15 is 0 Å². The Morgan fingerprint density at radius 2 is 1.81 bits per heavy atom. The molecule has 166 valence electrons. The van der Waals surface area contributed by atoms with Crippen molar-refractivity contribution < 1.29 is 14.5 Å². The van der Waals surface area contributed by atoms with Gasteiger partial charge in [-0.05, 0) is 37.0 Å². The van der Waals surface area contributed by atoms with Gasteiger partial charge in [0, 0.05) is 31.0 Å². The fraction of sp³-hybridized carbons (Fsp3) is 0.391. The lowest BCUT2D eigenvalue weighted by atomic mass is 10.1. The topological polar surface area (TPSA) is 92.6 Å². The zero-order chi connectivity index (χ0) is 22.8. The minimum Gasteiger partial charge on any atom is -0.355 e. The molecular formula is C23H29N3O4S. The number of carbonyl (C=O) groups excluding carboxylic acids is 2. The van der Waals surface area contributed by atoms with Gasteiger partial charge >= 0.3 is 0 Å². The third-order valence-corrected chi connectivity index (χ3v) is 5.97. The summed E-state index contributed by atoms with van der Waals surface area (Å²) in [5.74, 6) is 0.527. The number of carbonyl (C=O) groups is 2. The molecule has 0 aromatic heterocycles. The molecule has 0 bridgehead atoms. The van der Waals surface area contributed by atoms with E-state index in [9.17, 15) is 19.7 Å². The highest BCUT2D eigenvalue weighted by Gasteiger charge is 2.28. The molecule has 0 aliphatic rings. The molecule has 1 N–H and O–H groups in total. The maximum absolute atomic E-state index is 13.1. The average Bonchev–Trinajstić information content (AvgIpc) is 2.75. The van der Waals surface area contributed by atoms with Crippen molar-refractivity contribution in [1.82, 2.24) is 10.2 Å². The smallest absolute Gasteiger partial charge is 0.269 e. The molecule has 2 aromatic rings. The van der Waals surface area contributed by atoms with Crippen molar-refractivity contribution in [2.45, 2.75) is 45.5 Å². The normalized spacial score (nSPS) is 11.6. The van der Waals surface area contributed by atoms with E-state index < -0.39 is 11.0 Å². The quantitative estimate of drug-likeness (QED) is 0.417. The standard InChI is InChI=1S/C23H29N3O4S/c1-4-21(23(28)24-5-2)25(14-19-9-7-6-8-17(19)3)22(27)16-31-15-18-10-12-20(13-11-18)26(29)30/h6-13,21H,4-5,14-16H2,1-3H3,(H,24,28)/t21-/m1/s1. The van der Waals surface area contributed by atoms with Crippen LogP contribution in [0.15, 0.2) is 48.5 Å². The lowest BCUT2D eigenvalue weighted by molar-refractivity contribution is -0.384. The molecule has 0 aliphatic carbocycles. The number of nitrogens with zero attached hydrogens (tertiary/aromatic N) is 2. The summed E-state index contributed by atoms with van der Waals surface area (Å²) in [5, 5.41) is 13.6. The van der Waals surface area contributed by atoms with Gasteiger partial charge in [-0.1, -0.05) is 43.3 Å². The molecule has 2 rings (SSSR count). The summed E-state index contributed by atoms with van der Waals surface area (Å²) in [4.78, 5) is 37.8. The zero-order valence-corrected chi connectivity index (χ0v) is 19.0. The fourth-order valence-corrected chi connectivity index (χ4v) is 4.11. The molecule has 2 amide bonds. The van der Waals surface area contributed by atoms with Crippen LogP contribution in [-0.2, 0) is 21.9 Å². The van der Waals surface area contributed by atoms with Crippen LogP contribution in [0, 0.1) is 17.0 Å². The molecule has 31 heavy (non-hydrogen) atoms. The molecule has 0 aliphatic heterocycles. The molecule has 2 aromatic carbocycles. The van der Waals surface area contributed by atoms with Gasteiger partial charge in [0.2, 0.25) is 11.8 Å². The van der Waals surface area contributed by atoms with Gasteiger partial charge in [0.25, 0.3) is 5.69 Å². The Kier molecular flexibility index (Phi) is 9.52. The monoisotopic (exact) mass is 443 g/mol. The summed E-state index contributed by atoms with van der Waals surface area (Å²) in [6.45, 7) is 6.64. The largest absolute Gasteiger partial charge is 0.355 e. The second-order valence-electron chi connectivity index (χ2n) is 7.18. The lowest BCUT2D eigenvalue weighted by Crippen LogP contribution is -2.49. The lowest BCUT2D eigenvalue weighted by Gasteiger charge is -2.31. The zero-order valence-electron chi connectivity index (χ0n) is 18.2. The highest BCUT2D eigenvalue weighted by Crippen LogP contribution is 2.20. The second kappa shape index (κ2) is 12.1. The summed E-state index contributed by atoms with van der Waals surface area (Å²) >= 11 is 1.43. The third kappa shape index (κ3) is 7.10. The first-order chi connectivity index (χ1) is 14.9. The summed E-state index contributed by atoms with van der Waals surface area (Å²) in [5.41, 5.74) is 3.04. The van der Waals surface area contributed by atoms with Crippen molar-refractivity contribution in [2.75, 3.05) is 12.3 Å². The fourth-order valence-electron chi connectivity index (χ4n) is 3.24. The molecule has 0 unspecified atom stereocenters. The van der Waals surface area contributed by atoms with Crippen molar-refractivity contribution in [3.8, 4) is 0 Å². The molecule has 0 saturated heterocycles. The molecule has 0 spiro atoms. The van der Waals surface area contributed by atoms with Crippen LogP contribution < -0.4 is 5.32 Å². The molecule has 0 heterocycles. The van der Waals surface area contributed by atoms with Crippen LogP contribution in [-0.4, -0.2) is 40.0 Å². The Balaban J connectivity index is 2.10. The number of likely N-dealkylation sites (N-methyl/N-ethyl adjacent to an activating group) is 1. The summed E-state index contributed by atoms with van der Waals surface area (Å²) < 4.78 is 0. The first kappa shape index (κ1) is 24.4. The Labute approximate surface area is 187 Å². The van der Waals surface area contributed by atoms with Crippen molar-refractivity contribution in [3.05, 3.63) is 75.3 Å². The Hall–Kier alpha value is -2.87. The van der Waals surface area contributed by atoms with E-state index in [0.717, 1.165) is 16.7 Å². The minimum absolute atomic E-state index is 0.0435. The van der Waals surface area contributed by atoms with E-state index in [0.29, 0.717) is 25.3 Å². The first-order valence-electron chi connectivity index (χ1n) is 10.3.